The van der Waals surface area contributed by atoms with Gasteiger partial charge in [0.15, 0.2) is 5.65 Å². The molecule has 3 heterocycles. The van der Waals surface area contributed by atoms with E-state index < -0.39 is 0 Å². The molecule has 0 N–H and O–H groups in total. The van der Waals surface area contributed by atoms with Crippen LogP contribution in [0.3, 0.4) is 0 Å². The predicted molar refractivity (Wildman–Crippen MR) is 78.0 cm³/mol. The topological polar surface area (TPSA) is 33.4 Å². The molecule has 5 heteroatoms. The van der Waals surface area contributed by atoms with Crippen molar-refractivity contribution in [2.24, 2.45) is 5.92 Å². The van der Waals surface area contributed by atoms with Crippen LogP contribution in [0.4, 0.5) is 5.82 Å². The van der Waals surface area contributed by atoms with Gasteiger partial charge in [-0.05, 0) is 50.3 Å². The lowest BCUT2D eigenvalue weighted by Crippen LogP contribution is -2.37. The molecule has 2 aromatic rings. The number of aromatic nitrogens is 3. The minimum Gasteiger partial charge on any atom is -0.356 e. The Balaban J connectivity index is 1.87. The summed E-state index contributed by atoms with van der Waals surface area (Å²) in [5.74, 6) is 1.78. The van der Waals surface area contributed by atoms with E-state index in [4.69, 9.17) is 11.6 Å². The Hall–Kier alpha value is -1.29. The van der Waals surface area contributed by atoms with Gasteiger partial charge in [-0.25, -0.2) is 4.98 Å². The second kappa shape index (κ2) is 5.00. The van der Waals surface area contributed by atoms with Crippen LogP contribution in [0, 0.1) is 12.8 Å². The fraction of sp³-hybridized carbons (Fsp3) is 0.571. The van der Waals surface area contributed by atoms with Crippen LogP contribution in [-0.2, 0) is 0 Å². The van der Waals surface area contributed by atoms with Crippen molar-refractivity contribution in [3.05, 3.63) is 24.0 Å². The third-order valence-corrected chi connectivity index (χ3v) is 4.37. The van der Waals surface area contributed by atoms with Gasteiger partial charge in [0.2, 0.25) is 0 Å². The maximum absolute atomic E-state index is 6.21. The van der Waals surface area contributed by atoms with Crippen molar-refractivity contribution >= 4 is 23.1 Å². The standard InChI is InChI=1S/C14H19ClN4/c1-10-7-13-16-9-17-19(13)14(8-10)18-5-3-12(4-6-18)11(2)15/h7-9,11-12H,3-6H2,1-2H3. The Morgan fingerprint density at radius 3 is 2.74 bits per heavy atom. The molecule has 1 aliphatic rings. The Labute approximate surface area is 118 Å². The van der Waals surface area contributed by atoms with Gasteiger partial charge in [0, 0.05) is 18.5 Å². The van der Waals surface area contributed by atoms with Gasteiger partial charge in [-0.2, -0.15) is 9.61 Å². The average Bonchev–Trinajstić information content (AvgIpc) is 2.85. The zero-order valence-electron chi connectivity index (χ0n) is 11.4. The van der Waals surface area contributed by atoms with E-state index in [1.807, 2.05) is 4.52 Å². The molecule has 1 saturated heterocycles. The van der Waals surface area contributed by atoms with Crippen LogP contribution in [0.15, 0.2) is 18.5 Å². The molecule has 3 rings (SSSR count). The van der Waals surface area contributed by atoms with Crippen LogP contribution in [0.1, 0.15) is 25.3 Å². The van der Waals surface area contributed by atoms with Gasteiger partial charge in [-0.1, -0.05) is 0 Å². The number of pyridine rings is 1. The van der Waals surface area contributed by atoms with Crippen molar-refractivity contribution in [1.29, 1.82) is 0 Å². The second-order valence-corrected chi connectivity index (χ2v) is 6.11. The third kappa shape index (κ3) is 2.41. The van der Waals surface area contributed by atoms with Crippen molar-refractivity contribution in [3.8, 4) is 0 Å². The lowest BCUT2D eigenvalue weighted by atomic mass is 9.94. The van der Waals surface area contributed by atoms with E-state index in [0.717, 1.165) is 37.4 Å². The van der Waals surface area contributed by atoms with Crippen LogP contribution >= 0.6 is 11.6 Å². The Bertz CT molecular complexity index is 570. The minimum atomic E-state index is 0.269. The molecular weight excluding hydrogens is 260 g/mol. The molecule has 1 unspecified atom stereocenters. The van der Waals surface area contributed by atoms with Crippen LogP contribution in [0.5, 0.6) is 0 Å². The van der Waals surface area contributed by atoms with Gasteiger partial charge in [-0.3, -0.25) is 0 Å². The summed E-state index contributed by atoms with van der Waals surface area (Å²) >= 11 is 6.21. The minimum absolute atomic E-state index is 0.269. The summed E-state index contributed by atoms with van der Waals surface area (Å²) in [6, 6.07) is 4.25. The largest absolute Gasteiger partial charge is 0.356 e. The number of nitrogens with zero attached hydrogens (tertiary/aromatic N) is 4. The summed E-state index contributed by atoms with van der Waals surface area (Å²) in [6.45, 7) is 6.29. The molecule has 0 bridgehead atoms. The summed E-state index contributed by atoms with van der Waals surface area (Å²) in [4.78, 5) is 6.68. The van der Waals surface area contributed by atoms with Gasteiger partial charge in [0.25, 0.3) is 0 Å². The molecule has 2 aromatic heterocycles. The maximum Gasteiger partial charge on any atom is 0.157 e. The van der Waals surface area contributed by atoms with Gasteiger partial charge in [0.1, 0.15) is 12.1 Å². The van der Waals surface area contributed by atoms with E-state index in [9.17, 15) is 0 Å². The first kappa shape index (κ1) is 12.7. The van der Waals surface area contributed by atoms with Crippen molar-refractivity contribution in [2.45, 2.75) is 32.1 Å². The number of aryl methyl sites for hydroxylation is 1. The normalized spacial score (nSPS) is 19.0. The van der Waals surface area contributed by atoms with E-state index in [1.165, 1.54) is 5.56 Å². The fourth-order valence-electron chi connectivity index (χ4n) is 2.85. The van der Waals surface area contributed by atoms with Crippen LogP contribution in [-0.4, -0.2) is 33.1 Å². The zero-order valence-corrected chi connectivity index (χ0v) is 12.1. The molecular formula is C14H19ClN4. The van der Waals surface area contributed by atoms with Gasteiger partial charge in [-0.15, -0.1) is 11.6 Å². The average molecular weight is 279 g/mol. The van der Waals surface area contributed by atoms with Crippen LogP contribution in [0.25, 0.3) is 5.65 Å². The smallest absolute Gasteiger partial charge is 0.157 e. The van der Waals surface area contributed by atoms with Crippen LogP contribution < -0.4 is 4.90 Å². The number of fused-ring (bicyclic) bond motifs is 1. The number of halogens is 1. The van der Waals surface area contributed by atoms with Crippen molar-refractivity contribution in [1.82, 2.24) is 14.6 Å². The van der Waals surface area contributed by atoms with E-state index in [0.29, 0.717) is 5.92 Å². The molecule has 0 aromatic carbocycles. The number of hydrogen-bond donors (Lipinski definition) is 0. The summed E-state index contributed by atoms with van der Waals surface area (Å²) < 4.78 is 1.93. The van der Waals surface area contributed by atoms with E-state index in [1.54, 1.807) is 6.33 Å². The lowest BCUT2D eigenvalue weighted by Gasteiger charge is -2.34. The first-order chi connectivity index (χ1) is 9.15. The number of alkyl halides is 1. The van der Waals surface area contributed by atoms with Gasteiger partial charge < -0.3 is 4.90 Å². The first-order valence-electron chi connectivity index (χ1n) is 6.84. The highest BCUT2D eigenvalue weighted by atomic mass is 35.5. The number of anilines is 1. The first-order valence-corrected chi connectivity index (χ1v) is 7.28. The summed E-state index contributed by atoms with van der Waals surface area (Å²) in [7, 11) is 0. The van der Waals surface area contributed by atoms with Crippen molar-refractivity contribution in [2.75, 3.05) is 18.0 Å². The zero-order chi connectivity index (χ0) is 13.4. The maximum atomic E-state index is 6.21. The lowest BCUT2D eigenvalue weighted by molar-refractivity contribution is 0.397. The predicted octanol–water partition coefficient (Wildman–Crippen LogP) is 2.88. The highest BCUT2D eigenvalue weighted by Crippen LogP contribution is 2.27. The van der Waals surface area contributed by atoms with Gasteiger partial charge >= 0.3 is 0 Å². The number of piperidine rings is 1. The molecule has 0 radical (unpaired) electrons. The molecule has 1 aliphatic heterocycles. The van der Waals surface area contributed by atoms with E-state index in [2.05, 4.69) is 41.0 Å². The van der Waals surface area contributed by atoms with E-state index in [-0.39, 0.29) is 5.38 Å². The monoisotopic (exact) mass is 278 g/mol. The van der Waals surface area contributed by atoms with Crippen molar-refractivity contribution in [3.63, 3.8) is 0 Å². The molecule has 0 spiro atoms. The van der Waals surface area contributed by atoms with Crippen molar-refractivity contribution < 1.29 is 0 Å². The summed E-state index contributed by atoms with van der Waals surface area (Å²) in [6.07, 6.45) is 3.91. The molecule has 0 amide bonds. The molecule has 102 valence electrons. The third-order valence-electron chi connectivity index (χ3n) is 4.02. The SMILES string of the molecule is Cc1cc(N2CCC(C(C)Cl)CC2)n2ncnc2c1. The summed E-state index contributed by atoms with van der Waals surface area (Å²) in [5, 5.41) is 4.60. The Morgan fingerprint density at radius 1 is 1.32 bits per heavy atom. The summed E-state index contributed by atoms with van der Waals surface area (Å²) in [5.41, 5.74) is 2.14. The molecule has 4 nitrogen and oxygen atoms in total. The Kier molecular flexibility index (Phi) is 3.35. The molecule has 0 aliphatic carbocycles. The number of hydrogen-bond acceptors (Lipinski definition) is 3. The highest BCUT2D eigenvalue weighted by molar-refractivity contribution is 6.20. The highest BCUT2D eigenvalue weighted by Gasteiger charge is 2.24. The van der Waals surface area contributed by atoms with E-state index >= 15 is 0 Å². The van der Waals surface area contributed by atoms with Gasteiger partial charge in [0.05, 0.1) is 0 Å². The fourth-order valence-corrected chi connectivity index (χ4v) is 3.10. The molecule has 1 atom stereocenters. The Morgan fingerprint density at radius 2 is 2.05 bits per heavy atom. The molecule has 19 heavy (non-hydrogen) atoms. The molecule has 1 fully saturated rings. The quantitative estimate of drug-likeness (QED) is 0.792. The number of rotatable bonds is 2. The molecule has 0 saturated carbocycles. The second-order valence-electron chi connectivity index (χ2n) is 5.42. The van der Waals surface area contributed by atoms with Crippen LogP contribution in [0.2, 0.25) is 0 Å².